The average molecular weight is 336 g/mol. The molecule has 130 valence electrons. The molecule has 0 aromatic heterocycles. The molecule has 0 radical (unpaired) electrons. The van der Waals surface area contributed by atoms with E-state index in [0.717, 1.165) is 17.4 Å². The van der Waals surface area contributed by atoms with Gasteiger partial charge in [-0.2, -0.15) is 0 Å². The normalized spacial score (nSPS) is 12.7. The van der Waals surface area contributed by atoms with Crippen molar-refractivity contribution < 1.29 is 14.2 Å². The highest BCUT2D eigenvalue weighted by molar-refractivity contribution is 6.49. The molecule has 1 aliphatic rings. The van der Waals surface area contributed by atoms with E-state index in [-0.39, 0.29) is 11.6 Å². The van der Waals surface area contributed by atoms with Crippen LogP contribution in [0.1, 0.15) is 49.2 Å². The molecule has 0 bridgehead atoms. The highest BCUT2D eigenvalue weighted by atomic mass is 16.5. The van der Waals surface area contributed by atoms with E-state index >= 15 is 0 Å². The number of fused-ring (bicyclic) bond motifs is 1. The summed E-state index contributed by atoms with van der Waals surface area (Å²) >= 11 is 0. The van der Waals surface area contributed by atoms with Crippen molar-refractivity contribution in [3.63, 3.8) is 0 Å². The highest BCUT2D eigenvalue weighted by Gasteiger charge is 2.26. The molecule has 0 amide bonds. The molecule has 3 rings (SSSR count). The topological polar surface area (TPSA) is 35.5 Å². The summed E-state index contributed by atoms with van der Waals surface area (Å²) in [5.41, 5.74) is 6.37. The molecule has 2 aromatic carbocycles. The van der Waals surface area contributed by atoms with Crippen LogP contribution in [0.15, 0.2) is 36.4 Å². The average Bonchev–Trinajstić information content (AvgIpc) is 3.38. The first-order chi connectivity index (χ1) is 11.8. The summed E-state index contributed by atoms with van der Waals surface area (Å²) in [6.45, 7) is 8.43. The Kier molecular flexibility index (Phi) is 4.74. The van der Waals surface area contributed by atoms with E-state index in [2.05, 4.69) is 52.0 Å². The molecule has 25 heavy (non-hydrogen) atoms. The Morgan fingerprint density at radius 1 is 1.20 bits per heavy atom. The lowest BCUT2D eigenvalue weighted by Crippen LogP contribution is -2.37. The fourth-order valence-electron chi connectivity index (χ4n) is 2.83. The first kappa shape index (κ1) is 17.7. The van der Waals surface area contributed by atoms with Crippen LogP contribution in [-0.2, 0) is 15.8 Å². The van der Waals surface area contributed by atoms with Crippen LogP contribution in [0.25, 0.3) is 11.1 Å². The largest absolute Gasteiger partial charge is 0.465 e. The SMILES string of the molecule is COC(=O)c1ccc(-c2cccc3c2C3)cc1BOC(C)(C)C(C)C. The van der Waals surface area contributed by atoms with Gasteiger partial charge in [-0.05, 0) is 60.0 Å². The van der Waals surface area contributed by atoms with Gasteiger partial charge in [0.05, 0.1) is 12.7 Å². The lowest BCUT2D eigenvalue weighted by Gasteiger charge is -2.30. The number of carbonyl (C=O) groups is 1. The number of benzene rings is 2. The van der Waals surface area contributed by atoms with Crippen molar-refractivity contribution in [2.24, 2.45) is 5.92 Å². The molecule has 1 aliphatic carbocycles. The van der Waals surface area contributed by atoms with Crippen LogP contribution in [0, 0.1) is 5.92 Å². The first-order valence-electron chi connectivity index (χ1n) is 8.80. The van der Waals surface area contributed by atoms with E-state index in [9.17, 15) is 4.79 Å². The Bertz CT molecular complexity index is 809. The van der Waals surface area contributed by atoms with E-state index in [0.29, 0.717) is 19.0 Å². The zero-order valence-electron chi connectivity index (χ0n) is 15.7. The van der Waals surface area contributed by atoms with Crippen LogP contribution in [0.3, 0.4) is 0 Å². The predicted octanol–water partition coefficient (Wildman–Crippen LogP) is 3.47. The number of hydrogen-bond donors (Lipinski definition) is 0. The van der Waals surface area contributed by atoms with Gasteiger partial charge in [-0.1, -0.05) is 44.2 Å². The molecule has 4 heteroatoms. The van der Waals surface area contributed by atoms with Crippen LogP contribution in [0.4, 0.5) is 0 Å². The van der Waals surface area contributed by atoms with Crippen molar-refractivity contribution >= 4 is 18.9 Å². The highest BCUT2D eigenvalue weighted by Crippen LogP contribution is 2.37. The Hall–Kier alpha value is -2.07. The van der Waals surface area contributed by atoms with Crippen LogP contribution in [0.2, 0.25) is 0 Å². The molecule has 0 saturated carbocycles. The van der Waals surface area contributed by atoms with Gasteiger partial charge < -0.3 is 9.39 Å². The summed E-state index contributed by atoms with van der Waals surface area (Å²) in [5.74, 6) is 0.0546. The molecule has 0 saturated heterocycles. The summed E-state index contributed by atoms with van der Waals surface area (Å²) in [5, 5.41) is 0. The lowest BCUT2D eigenvalue weighted by atomic mass is 9.79. The number of carbonyl (C=O) groups excluding carboxylic acids is 1. The van der Waals surface area contributed by atoms with Crippen LogP contribution in [0.5, 0.6) is 0 Å². The number of rotatable bonds is 6. The van der Waals surface area contributed by atoms with E-state index in [1.54, 1.807) is 0 Å². The maximum absolute atomic E-state index is 12.1. The number of ether oxygens (including phenoxy) is 1. The van der Waals surface area contributed by atoms with E-state index < -0.39 is 0 Å². The fourth-order valence-corrected chi connectivity index (χ4v) is 2.83. The Balaban J connectivity index is 1.94. The molecule has 0 spiro atoms. The van der Waals surface area contributed by atoms with Crippen molar-refractivity contribution in [1.29, 1.82) is 0 Å². The quantitative estimate of drug-likeness (QED) is 0.511. The second-order valence-corrected chi connectivity index (χ2v) is 7.53. The Morgan fingerprint density at radius 2 is 1.96 bits per heavy atom. The third-order valence-corrected chi connectivity index (χ3v) is 5.33. The second kappa shape index (κ2) is 6.68. The molecule has 0 N–H and O–H groups in total. The van der Waals surface area contributed by atoms with Gasteiger partial charge in [-0.3, -0.25) is 0 Å². The molecule has 2 aromatic rings. The monoisotopic (exact) mass is 336 g/mol. The van der Waals surface area contributed by atoms with Gasteiger partial charge >= 0.3 is 13.5 Å². The van der Waals surface area contributed by atoms with Gasteiger partial charge in [0.15, 0.2) is 0 Å². The molecule has 0 unspecified atom stereocenters. The van der Waals surface area contributed by atoms with Gasteiger partial charge in [0, 0.05) is 5.60 Å². The van der Waals surface area contributed by atoms with Crippen molar-refractivity contribution in [2.45, 2.75) is 39.7 Å². The van der Waals surface area contributed by atoms with E-state index in [4.69, 9.17) is 9.39 Å². The van der Waals surface area contributed by atoms with Gasteiger partial charge in [-0.15, -0.1) is 0 Å². The smallest absolute Gasteiger partial charge is 0.337 e. The van der Waals surface area contributed by atoms with Gasteiger partial charge in [0.2, 0.25) is 0 Å². The van der Waals surface area contributed by atoms with Gasteiger partial charge in [0.25, 0.3) is 0 Å². The van der Waals surface area contributed by atoms with Gasteiger partial charge in [-0.25, -0.2) is 4.79 Å². The Morgan fingerprint density at radius 3 is 2.64 bits per heavy atom. The summed E-state index contributed by atoms with van der Waals surface area (Å²) in [6, 6.07) is 12.3. The third-order valence-electron chi connectivity index (χ3n) is 5.33. The minimum absolute atomic E-state index is 0.261. The number of methoxy groups -OCH3 is 1. The maximum Gasteiger partial charge on any atom is 0.337 e. The first-order valence-corrected chi connectivity index (χ1v) is 8.80. The predicted molar refractivity (Wildman–Crippen MR) is 103 cm³/mol. The lowest BCUT2D eigenvalue weighted by molar-refractivity contribution is 0.0595. The third kappa shape index (κ3) is 3.64. The molecule has 0 heterocycles. The summed E-state index contributed by atoms with van der Waals surface area (Å²) < 4.78 is 11.1. The molecular formula is C21H25BO3. The number of hydrogen-bond acceptors (Lipinski definition) is 3. The molecule has 3 nitrogen and oxygen atoms in total. The summed E-state index contributed by atoms with van der Waals surface area (Å²) in [7, 11) is 1.80. The zero-order chi connectivity index (χ0) is 18.2. The van der Waals surface area contributed by atoms with Crippen LogP contribution in [-0.4, -0.2) is 26.2 Å². The standard InChI is InChI=1S/C21H25BO3/c1-13(2)21(3,4)25-22-19-12-15(9-10-17(19)20(23)24-5)16-8-6-7-14-11-18(14)16/h6-10,12-13,22H,11H2,1-5H3. The molecule has 0 fully saturated rings. The zero-order valence-corrected chi connectivity index (χ0v) is 15.7. The van der Waals surface area contributed by atoms with Crippen LogP contribution < -0.4 is 5.46 Å². The van der Waals surface area contributed by atoms with Crippen LogP contribution >= 0.6 is 0 Å². The summed E-state index contributed by atoms with van der Waals surface area (Å²) in [4.78, 5) is 12.1. The maximum atomic E-state index is 12.1. The molecule has 0 aliphatic heterocycles. The van der Waals surface area contributed by atoms with Crippen molar-refractivity contribution in [2.75, 3.05) is 7.11 Å². The van der Waals surface area contributed by atoms with Crippen molar-refractivity contribution in [1.82, 2.24) is 0 Å². The van der Waals surface area contributed by atoms with Crippen molar-refractivity contribution in [3.8, 4) is 11.1 Å². The van der Waals surface area contributed by atoms with E-state index in [1.807, 2.05) is 12.1 Å². The number of esters is 1. The molecular weight excluding hydrogens is 311 g/mol. The fraction of sp³-hybridized carbons (Fsp3) is 0.381. The van der Waals surface area contributed by atoms with Gasteiger partial charge in [0.1, 0.15) is 0 Å². The summed E-state index contributed by atoms with van der Waals surface area (Å²) in [6.07, 6.45) is 1.06. The molecule has 0 atom stereocenters. The minimum atomic E-state index is -0.323. The van der Waals surface area contributed by atoms with E-state index in [1.165, 1.54) is 23.8 Å². The second-order valence-electron chi connectivity index (χ2n) is 7.53. The van der Waals surface area contributed by atoms with Crippen molar-refractivity contribution in [3.05, 3.63) is 53.1 Å². The minimum Gasteiger partial charge on any atom is -0.465 e. The Labute approximate surface area is 150 Å².